The predicted molar refractivity (Wildman–Crippen MR) is 126 cm³/mol. The number of rotatable bonds is 3. The number of hydrogen-bond acceptors (Lipinski definition) is 9. The summed E-state index contributed by atoms with van der Waals surface area (Å²) >= 11 is 0. The van der Waals surface area contributed by atoms with Crippen molar-refractivity contribution in [1.29, 1.82) is 0 Å². The maximum absolute atomic E-state index is 13.7. The molecule has 0 radical (unpaired) electrons. The van der Waals surface area contributed by atoms with Crippen LogP contribution < -0.4 is 10.6 Å². The number of halogens is 1. The van der Waals surface area contributed by atoms with Gasteiger partial charge < -0.3 is 31.1 Å². The molecule has 34 heavy (non-hydrogen) atoms. The minimum Gasteiger partial charge on any atom is -0.508 e. The van der Waals surface area contributed by atoms with E-state index in [1.54, 1.807) is 20.2 Å². The third-order valence-corrected chi connectivity index (χ3v) is 7.06. The van der Waals surface area contributed by atoms with Crippen LogP contribution in [0.25, 0.3) is 5.76 Å². The van der Waals surface area contributed by atoms with Crippen molar-refractivity contribution >= 4 is 41.3 Å². The third kappa shape index (κ3) is 3.20. The molecular formula is C23H28ClN3O7. The van der Waals surface area contributed by atoms with Crippen molar-refractivity contribution in [2.45, 2.75) is 24.5 Å². The molecule has 0 saturated heterocycles. The molecule has 4 rings (SSSR count). The van der Waals surface area contributed by atoms with Gasteiger partial charge in [-0.1, -0.05) is 0 Å². The number of likely N-dealkylation sites (N-methyl/N-ethyl adjacent to an activating group) is 1. The van der Waals surface area contributed by atoms with Crippen molar-refractivity contribution in [3.63, 3.8) is 0 Å². The quantitative estimate of drug-likeness (QED) is 0.376. The van der Waals surface area contributed by atoms with Gasteiger partial charge in [-0.15, -0.1) is 12.4 Å². The van der Waals surface area contributed by atoms with E-state index < -0.39 is 58.0 Å². The smallest absolute Gasteiger partial charge is 0.255 e. The number of aliphatic hydroxyl groups excluding tert-OH is 2. The Morgan fingerprint density at radius 3 is 2.26 bits per heavy atom. The van der Waals surface area contributed by atoms with Crippen LogP contribution in [0.4, 0.5) is 5.69 Å². The van der Waals surface area contributed by atoms with Crippen molar-refractivity contribution in [1.82, 2.24) is 4.90 Å². The second-order valence-electron chi connectivity index (χ2n) is 9.31. The fourth-order valence-electron chi connectivity index (χ4n) is 5.65. The number of carbonyl (C=O) groups excluding carboxylic acids is 3. The zero-order valence-electron chi connectivity index (χ0n) is 19.2. The summed E-state index contributed by atoms with van der Waals surface area (Å²) in [4.78, 5) is 42.0. The number of anilines is 1. The summed E-state index contributed by atoms with van der Waals surface area (Å²) in [5.74, 6) is -6.54. The molecule has 1 fully saturated rings. The molecule has 0 bridgehead atoms. The molecule has 0 spiro atoms. The number of aromatic hydroxyl groups is 1. The van der Waals surface area contributed by atoms with Gasteiger partial charge in [-0.05, 0) is 50.6 Å². The van der Waals surface area contributed by atoms with E-state index >= 15 is 0 Å². The number of aliphatic hydroxyl groups is 3. The molecule has 10 nitrogen and oxygen atoms in total. The molecule has 1 aromatic carbocycles. The van der Waals surface area contributed by atoms with Crippen LogP contribution in [0, 0.1) is 11.8 Å². The molecule has 1 aromatic rings. The van der Waals surface area contributed by atoms with Crippen LogP contribution >= 0.6 is 12.4 Å². The number of phenolic OH excluding ortho intramolecular Hbond substituents is 1. The Kier molecular flexibility index (Phi) is 6.23. The molecule has 11 heteroatoms. The zero-order valence-corrected chi connectivity index (χ0v) is 20.0. The average molecular weight is 494 g/mol. The Bertz CT molecular complexity index is 1170. The number of fused-ring (bicyclic) bond motifs is 3. The molecule has 3 aliphatic rings. The Hall–Kier alpha value is -3.08. The maximum atomic E-state index is 13.7. The fourth-order valence-corrected chi connectivity index (χ4v) is 5.65. The molecule has 4 atom stereocenters. The van der Waals surface area contributed by atoms with E-state index in [1.165, 1.54) is 11.0 Å². The molecule has 1 amide bonds. The van der Waals surface area contributed by atoms with Gasteiger partial charge in [0.15, 0.2) is 11.4 Å². The van der Waals surface area contributed by atoms with Crippen LogP contribution in [0.5, 0.6) is 5.75 Å². The van der Waals surface area contributed by atoms with Crippen LogP contribution in [0.2, 0.25) is 0 Å². The van der Waals surface area contributed by atoms with Gasteiger partial charge in [-0.2, -0.15) is 0 Å². The van der Waals surface area contributed by atoms with Crippen LogP contribution in [0.1, 0.15) is 17.5 Å². The molecular weight excluding hydrogens is 466 g/mol. The third-order valence-electron chi connectivity index (χ3n) is 7.06. The monoisotopic (exact) mass is 493 g/mol. The Morgan fingerprint density at radius 2 is 1.74 bits per heavy atom. The van der Waals surface area contributed by atoms with E-state index in [2.05, 4.69) is 0 Å². The van der Waals surface area contributed by atoms with E-state index in [9.17, 15) is 34.8 Å². The van der Waals surface area contributed by atoms with Gasteiger partial charge in [0.2, 0.25) is 5.78 Å². The molecule has 0 aromatic heterocycles. The fraction of sp³-hybridized carbons (Fsp3) is 0.435. The number of primary amides is 1. The number of nitrogens with zero attached hydrogens (tertiary/aromatic N) is 2. The summed E-state index contributed by atoms with van der Waals surface area (Å²) in [5, 5.41) is 43.9. The van der Waals surface area contributed by atoms with Crippen molar-refractivity contribution in [3.05, 3.63) is 40.2 Å². The van der Waals surface area contributed by atoms with Crippen LogP contribution in [0.3, 0.4) is 0 Å². The summed E-state index contributed by atoms with van der Waals surface area (Å²) in [7, 11) is 6.75. The molecule has 0 aliphatic heterocycles. The van der Waals surface area contributed by atoms with Crippen LogP contribution in [-0.2, 0) is 20.8 Å². The lowest BCUT2D eigenvalue weighted by molar-refractivity contribution is -0.153. The number of phenols is 1. The molecule has 3 aliphatic carbocycles. The van der Waals surface area contributed by atoms with Gasteiger partial charge in [0.25, 0.3) is 5.91 Å². The summed E-state index contributed by atoms with van der Waals surface area (Å²) in [6, 6.07) is 2.01. The van der Waals surface area contributed by atoms with Gasteiger partial charge in [0.05, 0.1) is 11.6 Å². The first-order valence-electron chi connectivity index (χ1n) is 10.5. The van der Waals surface area contributed by atoms with Crippen molar-refractivity contribution in [2.24, 2.45) is 17.6 Å². The van der Waals surface area contributed by atoms with Gasteiger partial charge in [0.1, 0.15) is 22.8 Å². The standard InChI is InChI=1S/C23H27N3O7.ClH/c1-25(2)12-5-6-13(27)15-10(12)7-9-8-11-17(26(3)4)19(29)16(22(24)32)21(31)23(11,33)20(30)14(9)18(15)28;/h5-6,9,11,17,27-28,31,33H,7-8H2,1-4H3,(H2,24,32);1H/t9?,11?,17-,23-;/m0./s1. The second kappa shape index (κ2) is 8.30. The number of carbonyl (C=O) groups is 3. The molecule has 184 valence electrons. The lowest BCUT2D eigenvalue weighted by Gasteiger charge is -2.50. The summed E-state index contributed by atoms with van der Waals surface area (Å²) in [6.45, 7) is 0. The maximum Gasteiger partial charge on any atom is 0.255 e. The second-order valence-corrected chi connectivity index (χ2v) is 9.31. The average Bonchev–Trinajstić information content (AvgIpc) is 2.70. The predicted octanol–water partition coefficient (Wildman–Crippen LogP) is 0.452. The van der Waals surface area contributed by atoms with E-state index in [-0.39, 0.29) is 42.1 Å². The first-order chi connectivity index (χ1) is 15.3. The normalized spacial score (nSPS) is 28.2. The number of nitrogens with two attached hydrogens (primary N) is 1. The summed E-state index contributed by atoms with van der Waals surface area (Å²) in [5.41, 5.74) is 3.15. The number of Topliss-reactive ketones (excluding diaryl/α,β-unsaturated/α-hetero) is 2. The highest BCUT2D eigenvalue weighted by atomic mass is 35.5. The van der Waals surface area contributed by atoms with E-state index in [0.29, 0.717) is 5.56 Å². The molecule has 2 unspecified atom stereocenters. The number of amides is 1. The minimum atomic E-state index is -2.63. The largest absolute Gasteiger partial charge is 0.508 e. The van der Waals surface area contributed by atoms with Gasteiger partial charge in [-0.25, -0.2) is 0 Å². The Morgan fingerprint density at radius 1 is 1.12 bits per heavy atom. The highest BCUT2D eigenvalue weighted by molar-refractivity contribution is 6.24. The van der Waals surface area contributed by atoms with Crippen molar-refractivity contribution in [3.8, 4) is 5.75 Å². The first kappa shape index (κ1) is 25.5. The van der Waals surface area contributed by atoms with E-state index in [0.717, 1.165) is 5.69 Å². The number of ketones is 2. The molecule has 6 N–H and O–H groups in total. The van der Waals surface area contributed by atoms with Crippen LogP contribution in [0.15, 0.2) is 29.0 Å². The van der Waals surface area contributed by atoms with E-state index in [1.807, 2.05) is 19.0 Å². The summed E-state index contributed by atoms with van der Waals surface area (Å²) < 4.78 is 0. The molecule has 1 saturated carbocycles. The highest BCUT2D eigenvalue weighted by Gasteiger charge is 2.64. The molecule has 0 heterocycles. The van der Waals surface area contributed by atoms with Crippen molar-refractivity contribution < 1.29 is 34.8 Å². The number of hydrogen-bond donors (Lipinski definition) is 5. The van der Waals surface area contributed by atoms with Gasteiger partial charge in [0, 0.05) is 31.3 Å². The SMILES string of the molecule is CN(C)c1ccc(O)c2c1CC1CC3[C@H](N(C)C)C(=O)C(C(N)=O)=C(O)[C@@]3(O)C(=O)C1=C2O.Cl. The lowest BCUT2D eigenvalue weighted by Crippen LogP contribution is -2.65. The van der Waals surface area contributed by atoms with Gasteiger partial charge in [-0.3, -0.25) is 19.3 Å². The van der Waals surface area contributed by atoms with Crippen molar-refractivity contribution in [2.75, 3.05) is 33.1 Å². The lowest BCUT2D eigenvalue weighted by atomic mass is 9.57. The van der Waals surface area contributed by atoms with Crippen LogP contribution in [-0.4, -0.2) is 82.6 Å². The summed E-state index contributed by atoms with van der Waals surface area (Å²) in [6.07, 6.45) is 0.324. The zero-order chi connectivity index (χ0) is 24.6. The van der Waals surface area contributed by atoms with E-state index in [4.69, 9.17) is 5.73 Å². The minimum absolute atomic E-state index is 0. The Labute approximate surface area is 202 Å². The van der Waals surface area contributed by atoms with Gasteiger partial charge >= 0.3 is 0 Å². The number of benzene rings is 1. The highest BCUT2D eigenvalue weighted by Crippen LogP contribution is 2.53. The first-order valence-corrected chi connectivity index (χ1v) is 10.5. The Balaban J connectivity index is 0.00000324. The topological polar surface area (TPSA) is 165 Å².